The van der Waals surface area contributed by atoms with E-state index in [2.05, 4.69) is 0 Å². The fourth-order valence-corrected chi connectivity index (χ4v) is 5.30. The zero-order valence-electron chi connectivity index (χ0n) is 25.1. The number of carbonyl (C=O) groups is 1. The Balaban J connectivity index is 1.54. The first-order chi connectivity index (χ1) is 22.2. The number of phenolic OH excluding ortho intramolecular Hbond substituents is 3. The van der Waals surface area contributed by atoms with Crippen LogP contribution < -0.4 is 14.9 Å². The molecule has 2 aromatic carbocycles. The highest BCUT2D eigenvalue weighted by Gasteiger charge is 2.50. The Kier molecular flexibility index (Phi) is 9.81. The molecule has 1 aromatic heterocycles. The highest BCUT2D eigenvalue weighted by Crippen LogP contribution is 2.40. The summed E-state index contributed by atoms with van der Waals surface area (Å²) in [5.74, 6) is -3.30. The molecule has 5 rings (SSSR count). The van der Waals surface area contributed by atoms with Crippen LogP contribution in [-0.4, -0.2) is 122 Å². The summed E-state index contributed by atoms with van der Waals surface area (Å²) in [6.45, 7) is 1.82. The molecule has 2 aliphatic rings. The first-order valence-corrected chi connectivity index (χ1v) is 14.3. The number of carbonyl (C=O) groups excluding carboxylic acids is 1. The van der Waals surface area contributed by atoms with E-state index >= 15 is 0 Å². The molecule has 3 heterocycles. The van der Waals surface area contributed by atoms with Gasteiger partial charge in [-0.05, 0) is 25.1 Å². The van der Waals surface area contributed by atoms with Gasteiger partial charge in [-0.2, -0.15) is 0 Å². The number of hydrogen-bond acceptors (Lipinski definition) is 17. The first-order valence-electron chi connectivity index (χ1n) is 14.3. The van der Waals surface area contributed by atoms with Crippen LogP contribution in [0.5, 0.6) is 28.7 Å². The van der Waals surface area contributed by atoms with Crippen molar-refractivity contribution < 1.29 is 78.5 Å². The molecule has 17 heteroatoms. The van der Waals surface area contributed by atoms with Crippen molar-refractivity contribution in [3.05, 3.63) is 40.6 Å². The van der Waals surface area contributed by atoms with Gasteiger partial charge in [0, 0.05) is 24.6 Å². The Bertz CT molecular complexity index is 1670. The molecule has 0 bridgehead atoms. The number of aliphatic hydroxyl groups is 5. The predicted octanol–water partition coefficient (Wildman–Crippen LogP) is -0.813. The number of esters is 1. The molecule has 17 nitrogen and oxygen atoms in total. The zero-order chi connectivity index (χ0) is 34.3. The second-order valence-corrected chi connectivity index (χ2v) is 11.0. The summed E-state index contributed by atoms with van der Waals surface area (Å²) in [6.07, 6.45) is -16.0. The average molecular weight is 667 g/mol. The summed E-state index contributed by atoms with van der Waals surface area (Å²) in [4.78, 5) is 25.9. The number of phenols is 3. The van der Waals surface area contributed by atoms with Crippen molar-refractivity contribution >= 4 is 16.9 Å². The Hall–Kier alpha value is -4.20. The van der Waals surface area contributed by atoms with Crippen LogP contribution in [0.15, 0.2) is 39.5 Å². The molecule has 47 heavy (non-hydrogen) atoms. The minimum atomic E-state index is -1.90. The molecule has 2 saturated heterocycles. The normalized spacial score (nSPS) is 31.0. The van der Waals surface area contributed by atoms with Crippen LogP contribution in [0.1, 0.15) is 13.8 Å². The summed E-state index contributed by atoms with van der Waals surface area (Å²) >= 11 is 0. The fourth-order valence-electron chi connectivity index (χ4n) is 5.30. The lowest BCUT2D eigenvalue weighted by atomic mass is 9.98. The van der Waals surface area contributed by atoms with Gasteiger partial charge in [0.2, 0.25) is 17.5 Å². The highest BCUT2D eigenvalue weighted by atomic mass is 16.7. The molecule has 2 fully saturated rings. The van der Waals surface area contributed by atoms with E-state index in [0.29, 0.717) is 0 Å². The van der Waals surface area contributed by atoms with Gasteiger partial charge in [-0.1, -0.05) is 0 Å². The molecule has 0 aliphatic carbocycles. The van der Waals surface area contributed by atoms with Crippen LogP contribution >= 0.6 is 0 Å². The number of benzene rings is 2. The van der Waals surface area contributed by atoms with Crippen LogP contribution in [0.4, 0.5) is 0 Å². The van der Waals surface area contributed by atoms with Crippen LogP contribution in [0.3, 0.4) is 0 Å². The van der Waals surface area contributed by atoms with E-state index in [1.54, 1.807) is 0 Å². The van der Waals surface area contributed by atoms with Crippen molar-refractivity contribution in [2.75, 3.05) is 13.7 Å². The van der Waals surface area contributed by atoms with Gasteiger partial charge in [-0.3, -0.25) is 9.59 Å². The van der Waals surface area contributed by atoms with E-state index in [4.69, 9.17) is 32.8 Å². The Morgan fingerprint density at radius 3 is 2.28 bits per heavy atom. The molecule has 0 radical (unpaired) electrons. The smallest absolute Gasteiger partial charge is 0.303 e. The number of methoxy groups -OCH3 is 1. The number of ether oxygens (including phenoxy) is 6. The molecular weight excluding hydrogens is 632 g/mol. The summed E-state index contributed by atoms with van der Waals surface area (Å²) in [7, 11) is 1.28. The van der Waals surface area contributed by atoms with Crippen molar-refractivity contribution in [1.82, 2.24) is 0 Å². The summed E-state index contributed by atoms with van der Waals surface area (Å²) in [5.41, 5.74) is -1.17. The lowest BCUT2D eigenvalue weighted by Gasteiger charge is -2.43. The summed E-state index contributed by atoms with van der Waals surface area (Å²) in [5, 5.41) is 82.5. The quantitative estimate of drug-likeness (QED) is 0.137. The van der Waals surface area contributed by atoms with Gasteiger partial charge >= 0.3 is 5.97 Å². The van der Waals surface area contributed by atoms with Gasteiger partial charge in [0.05, 0.1) is 19.8 Å². The van der Waals surface area contributed by atoms with Crippen LogP contribution in [0, 0.1) is 0 Å². The maximum absolute atomic E-state index is 13.9. The van der Waals surface area contributed by atoms with E-state index in [0.717, 1.165) is 19.1 Å². The van der Waals surface area contributed by atoms with Gasteiger partial charge in [0.1, 0.15) is 59.1 Å². The van der Waals surface area contributed by atoms with Crippen LogP contribution in [0.25, 0.3) is 22.3 Å². The number of aromatic hydroxyl groups is 3. The first kappa shape index (κ1) is 34.1. The molecule has 0 saturated carbocycles. The van der Waals surface area contributed by atoms with Crippen molar-refractivity contribution in [3.8, 4) is 40.1 Å². The van der Waals surface area contributed by atoms with E-state index in [9.17, 15) is 50.4 Å². The van der Waals surface area contributed by atoms with Gasteiger partial charge in [-0.15, -0.1) is 0 Å². The monoisotopic (exact) mass is 666 g/mol. The molecule has 2 aliphatic heterocycles. The van der Waals surface area contributed by atoms with Gasteiger partial charge < -0.3 is 73.7 Å². The second-order valence-electron chi connectivity index (χ2n) is 11.0. The summed E-state index contributed by atoms with van der Waals surface area (Å²) in [6, 6.07) is 5.80. The molecule has 0 amide bonds. The Morgan fingerprint density at radius 1 is 0.872 bits per heavy atom. The van der Waals surface area contributed by atoms with Gasteiger partial charge in [0.15, 0.2) is 29.7 Å². The molecule has 3 aromatic rings. The Morgan fingerprint density at radius 2 is 1.60 bits per heavy atom. The molecule has 0 spiro atoms. The van der Waals surface area contributed by atoms with E-state index in [1.807, 2.05) is 0 Å². The minimum Gasteiger partial charge on any atom is -0.508 e. The van der Waals surface area contributed by atoms with Crippen molar-refractivity contribution in [2.24, 2.45) is 0 Å². The largest absolute Gasteiger partial charge is 0.508 e. The SMILES string of the molecule is COc1cc(-c2oc3cc(O)cc(O)c3c(=O)c2O[C@@H]2O[C@H](CO[C@@H]3O[C@@H](C)[C@H](O)[C@@H](O)[C@H]3O)[C@@H](O)[C@H](O)[C@H]2OC(C)=O)ccc1O. The van der Waals surface area contributed by atoms with E-state index < -0.39 is 102 Å². The van der Waals surface area contributed by atoms with E-state index in [1.165, 1.54) is 32.2 Å². The van der Waals surface area contributed by atoms with Crippen molar-refractivity contribution in [3.63, 3.8) is 0 Å². The van der Waals surface area contributed by atoms with Crippen LogP contribution in [0.2, 0.25) is 0 Å². The summed E-state index contributed by atoms with van der Waals surface area (Å²) < 4.78 is 38.9. The molecule has 0 unspecified atom stereocenters. The zero-order valence-corrected chi connectivity index (χ0v) is 25.1. The van der Waals surface area contributed by atoms with Crippen molar-refractivity contribution in [1.29, 1.82) is 0 Å². The molecular formula is C30H34O17. The molecule has 256 valence electrons. The van der Waals surface area contributed by atoms with Gasteiger partial charge in [-0.25, -0.2) is 0 Å². The third-order valence-electron chi connectivity index (χ3n) is 7.77. The highest BCUT2D eigenvalue weighted by molar-refractivity contribution is 5.88. The average Bonchev–Trinajstić information content (AvgIpc) is 3.02. The third kappa shape index (κ3) is 6.65. The lowest BCUT2D eigenvalue weighted by Crippen LogP contribution is -2.62. The number of rotatable bonds is 8. The molecule has 8 N–H and O–H groups in total. The predicted molar refractivity (Wildman–Crippen MR) is 155 cm³/mol. The number of hydrogen-bond donors (Lipinski definition) is 8. The maximum Gasteiger partial charge on any atom is 0.303 e. The van der Waals surface area contributed by atoms with Gasteiger partial charge in [0.25, 0.3) is 0 Å². The van der Waals surface area contributed by atoms with Crippen molar-refractivity contribution in [2.45, 2.75) is 75.3 Å². The van der Waals surface area contributed by atoms with Crippen LogP contribution in [-0.2, 0) is 23.7 Å². The Labute approximate surface area is 265 Å². The number of fused-ring (bicyclic) bond motifs is 1. The number of aliphatic hydroxyl groups excluding tert-OH is 5. The lowest BCUT2D eigenvalue weighted by molar-refractivity contribution is -0.319. The van der Waals surface area contributed by atoms with E-state index in [-0.39, 0.29) is 28.4 Å². The standard InChI is InChI=1S/C30H34O17/c1-10-20(35)23(38)25(40)29(43-10)42-9-18-21(36)24(39)28(44-11(2)31)30(46-18)47-27-22(37)19-15(34)7-13(32)8-17(19)45-26(27)12-4-5-14(33)16(6-12)41-3/h4-8,10,18,20-21,23-25,28-30,32-36,38-40H,9H2,1-3H3/t10-,18+,20-,21+,23+,24-,25+,28+,29+,30-/m0/s1. The maximum atomic E-state index is 13.9. The fraction of sp³-hybridized carbons (Fsp3) is 0.467. The third-order valence-corrected chi connectivity index (χ3v) is 7.77. The molecule has 10 atom stereocenters. The second kappa shape index (κ2) is 13.5. The topological polar surface area (TPSA) is 264 Å². The minimum absolute atomic E-state index is 0.0310.